The molecule has 1 N–H and O–H groups in total. The zero-order valence-corrected chi connectivity index (χ0v) is 16.3. The van der Waals surface area contributed by atoms with Crippen LogP contribution in [-0.4, -0.2) is 29.6 Å². The predicted molar refractivity (Wildman–Crippen MR) is 103 cm³/mol. The highest BCUT2D eigenvalue weighted by molar-refractivity contribution is 5.92. The molecule has 0 unspecified atom stereocenters. The fourth-order valence-electron chi connectivity index (χ4n) is 2.32. The molecule has 0 aliphatic carbocycles. The predicted octanol–water partition coefficient (Wildman–Crippen LogP) is 3.91. The number of anilines is 1. The molecule has 2 rings (SSSR count). The summed E-state index contributed by atoms with van der Waals surface area (Å²) in [5.74, 6) is 0.000317. The minimum Gasteiger partial charge on any atom is -0.508 e. The van der Waals surface area contributed by atoms with Crippen molar-refractivity contribution in [2.75, 3.05) is 11.9 Å². The summed E-state index contributed by atoms with van der Waals surface area (Å²) in [5, 5.41) is 9.72. The maximum absolute atomic E-state index is 12.4. The highest BCUT2D eigenvalue weighted by atomic mass is 16.6. The molecule has 0 aromatic heterocycles. The first-order valence-corrected chi connectivity index (χ1v) is 8.59. The van der Waals surface area contributed by atoms with Gasteiger partial charge >= 0.3 is 5.97 Å². The van der Waals surface area contributed by atoms with E-state index < -0.39 is 11.6 Å². The molecule has 6 heteroatoms. The lowest BCUT2D eigenvalue weighted by molar-refractivity contribution is -0.116. The number of hydrogen-bond acceptors (Lipinski definition) is 5. The van der Waals surface area contributed by atoms with Crippen LogP contribution in [0.1, 0.15) is 43.6 Å². The number of ether oxygens (including phenoxy) is 2. The number of nitrogens with zero attached hydrogens (tertiary/aromatic N) is 1. The molecule has 0 aliphatic heterocycles. The second-order valence-corrected chi connectivity index (χ2v) is 7.20. The first kappa shape index (κ1) is 20.3. The minimum atomic E-state index is -0.640. The van der Waals surface area contributed by atoms with Crippen LogP contribution in [0.25, 0.3) is 0 Å². The summed E-state index contributed by atoms with van der Waals surface area (Å²) in [7, 11) is 1.70. The molecule has 0 atom stereocenters. The summed E-state index contributed by atoms with van der Waals surface area (Å²) in [6.45, 7) is 6.97. The Morgan fingerprint density at radius 3 is 2.26 bits per heavy atom. The number of carbonyl (C=O) groups is 2. The smallest absolute Gasteiger partial charge is 0.339 e. The number of phenolic OH excluding ortho intramolecular Hbond substituents is 1. The zero-order chi connectivity index (χ0) is 20.2. The minimum absolute atomic E-state index is 0.0174. The van der Waals surface area contributed by atoms with Crippen LogP contribution in [0.15, 0.2) is 42.5 Å². The Labute approximate surface area is 159 Å². The van der Waals surface area contributed by atoms with Crippen LogP contribution in [0.3, 0.4) is 0 Å². The van der Waals surface area contributed by atoms with Gasteiger partial charge in [-0.2, -0.15) is 0 Å². The average Bonchev–Trinajstić information content (AvgIpc) is 2.59. The van der Waals surface area contributed by atoms with E-state index in [1.165, 1.54) is 24.0 Å². The average molecular weight is 371 g/mol. The van der Waals surface area contributed by atoms with Gasteiger partial charge in [0.1, 0.15) is 23.7 Å². The van der Waals surface area contributed by atoms with Crippen molar-refractivity contribution in [3.8, 4) is 11.5 Å². The quantitative estimate of drug-likeness (QED) is 0.807. The Balaban J connectivity index is 2.14. The molecule has 2 aromatic rings. The number of phenols is 1. The summed E-state index contributed by atoms with van der Waals surface area (Å²) < 4.78 is 11.1. The second kappa shape index (κ2) is 8.12. The van der Waals surface area contributed by atoms with Gasteiger partial charge in [-0.25, -0.2) is 4.79 Å². The van der Waals surface area contributed by atoms with Crippen molar-refractivity contribution >= 4 is 17.6 Å². The van der Waals surface area contributed by atoms with E-state index in [0.717, 1.165) is 5.69 Å². The number of amides is 1. The van der Waals surface area contributed by atoms with E-state index in [1.807, 2.05) is 0 Å². The molecule has 0 spiro atoms. The number of carbonyl (C=O) groups excluding carboxylic acids is 2. The summed E-state index contributed by atoms with van der Waals surface area (Å²) in [6, 6.07) is 11.6. The van der Waals surface area contributed by atoms with Crippen LogP contribution >= 0.6 is 0 Å². The van der Waals surface area contributed by atoms with Gasteiger partial charge in [-0.3, -0.25) is 4.79 Å². The van der Waals surface area contributed by atoms with Gasteiger partial charge in [-0.05, 0) is 57.2 Å². The lowest BCUT2D eigenvalue weighted by Crippen LogP contribution is -2.24. The van der Waals surface area contributed by atoms with Crippen molar-refractivity contribution < 1.29 is 24.2 Å². The number of rotatable bonds is 5. The van der Waals surface area contributed by atoms with E-state index >= 15 is 0 Å². The molecule has 0 aliphatic rings. The molecule has 2 aromatic carbocycles. The molecule has 0 radical (unpaired) electrons. The first-order chi connectivity index (χ1) is 12.6. The van der Waals surface area contributed by atoms with E-state index in [-0.39, 0.29) is 23.8 Å². The molecular formula is C21H25NO5. The van der Waals surface area contributed by atoms with Gasteiger partial charge in [0.05, 0.1) is 5.56 Å². The van der Waals surface area contributed by atoms with Gasteiger partial charge in [0, 0.05) is 25.2 Å². The number of hydrogen-bond donors (Lipinski definition) is 1. The van der Waals surface area contributed by atoms with Crippen molar-refractivity contribution in [1.82, 2.24) is 0 Å². The van der Waals surface area contributed by atoms with Crippen LogP contribution in [0.5, 0.6) is 11.5 Å². The number of esters is 1. The van der Waals surface area contributed by atoms with E-state index in [2.05, 4.69) is 0 Å². The molecule has 0 fully saturated rings. The highest BCUT2D eigenvalue weighted by Crippen LogP contribution is 2.23. The number of benzene rings is 2. The molecular weight excluding hydrogens is 346 g/mol. The molecule has 0 saturated carbocycles. The fraction of sp³-hybridized carbons (Fsp3) is 0.333. The molecule has 1 amide bonds. The normalized spacial score (nSPS) is 11.0. The second-order valence-electron chi connectivity index (χ2n) is 7.20. The summed E-state index contributed by atoms with van der Waals surface area (Å²) in [6.07, 6.45) is 0. The van der Waals surface area contributed by atoms with Crippen LogP contribution in [0, 0.1) is 0 Å². The van der Waals surface area contributed by atoms with Crippen LogP contribution in [0.4, 0.5) is 5.69 Å². The van der Waals surface area contributed by atoms with E-state index in [0.29, 0.717) is 11.3 Å². The van der Waals surface area contributed by atoms with Crippen LogP contribution in [0.2, 0.25) is 0 Å². The number of aromatic hydroxyl groups is 1. The first-order valence-electron chi connectivity index (χ1n) is 8.59. The van der Waals surface area contributed by atoms with Gasteiger partial charge in [-0.15, -0.1) is 0 Å². The van der Waals surface area contributed by atoms with E-state index in [9.17, 15) is 14.7 Å². The van der Waals surface area contributed by atoms with Gasteiger partial charge in [-0.1, -0.05) is 6.07 Å². The Kier molecular flexibility index (Phi) is 6.10. The SMILES string of the molecule is CC(=O)N(C)c1ccc(OCc2ccc(O)cc2C(=O)OC(C)(C)C)cc1. The van der Waals surface area contributed by atoms with Crippen molar-refractivity contribution in [3.63, 3.8) is 0 Å². The Morgan fingerprint density at radius 1 is 1.07 bits per heavy atom. The Morgan fingerprint density at radius 2 is 1.70 bits per heavy atom. The zero-order valence-electron chi connectivity index (χ0n) is 16.3. The fourth-order valence-corrected chi connectivity index (χ4v) is 2.32. The molecule has 0 heterocycles. The van der Waals surface area contributed by atoms with Gasteiger partial charge in [0.2, 0.25) is 5.91 Å². The Bertz CT molecular complexity index is 821. The van der Waals surface area contributed by atoms with Crippen molar-refractivity contribution in [3.05, 3.63) is 53.6 Å². The van der Waals surface area contributed by atoms with Crippen molar-refractivity contribution in [2.24, 2.45) is 0 Å². The molecule has 6 nitrogen and oxygen atoms in total. The lowest BCUT2D eigenvalue weighted by atomic mass is 10.1. The maximum Gasteiger partial charge on any atom is 0.339 e. The molecule has 27 heavy (non-hydrogen) atoms. The maximum atomic E-state index is 12.4. The highest BCUT2D eigenvalue weighted by Gasteiger charge is 2.21. The molecule has 0 saturated heterocycles. The van der Waals surface area contributed by atoms with E-state index in [1.54, 1.807) is 58.2 Å². The standard InChI is InChI=1S/C21H25NO5/c1-14(23)22(5)16-7-10-18(11-8-16)26-13-15-6-9-17(24)12-19(15)20(25)27-21(2,3)4/h6-12,24H,13H2,1-5H3. The van der Waals surface area contributed by atoms with Crippen molar-refractivity contribution in [2.45, 2.75) is 39.9 Å². The van der Waals surface area contributed by atoms with Gasteiger partial charge in [0.15, 0.2) is 0 Å². The van der Waals surface area contributed by atoms with Gasteiger partial charge in [0.25, 0.3) is 0 Å². The third-order valence-corrected chi connectivity index (χ3v) is 3.80. The van der Waals surface area contributed by atoms with Crippen molar-refractivity contribution in [1.29, 1.82) is 0 Å². The van der Waals surface area contributed by atoms with Crippen LogP contribution < -0.4 is 9.64 Å². The van der Waals surface area contributed by atoms with E-state index in [4.69, 9.17) is 9.47 Å². The van der Waals surface area contributed by atoms with Crippen LogP contribution in [-0.2, 0) is 16.1 Å². The summed E-state index contributed by atoms with van der Waals surface area (Å²) in [4.78, 5) is 25.3. The Hall–Kier alpha value is -3.02. The van der Waals surface area contributed by atoms with Gasteiger partial charge < -0.3 is 19.5 Å². The monoisotopic (exact) mass is 371 g/mol. The summed E-state index contributed by atoms with van der Waals surface area (Å²) >= 11 is 0. The summed E-state index contributed by atoms with van der Waals surface area (Å²) in [5.41, 5.74) is 0.984. The third kappa shape index (κ3) is 5.74. The topological polar surface area (TPSA) is 76.1 Å². The largest absolute Gasteiger partial charge is 0.508 e. The molecule has 0 bridgehead atoms. The lowest BCUT2D eigenvalue weighted by Gasteiger charge is -2.21. The third-order valence-electron chi connectivity index (χ3n) is 3.80. The molecule has 144 valence electrons.